The normalized spacial score (nSPS) is 10.9. The Labute approximate surface area is 112 Å². The molecule has 0 saturated carbocycles. The number of rotatable bonds is 11. The second kappa shape index (κ2) is 11.5. The number of nitrogens with zero attached hydrogens (tertiary/aromatic N) is 2. The van der Waals surface area contributed by atoms with Gasteiger partial charge in [-0.1, -0.05) is 33.6 Å². The van der Waals surface area contributed by atoms with E-state index in [2.05, 4.69) is 25.7 Å². The Kier molecular flexibility index (Phi) is 11.1. The molecule has 0 spiro atoms. The third-order valence-corrected chi connectivity index (χ3v) is 3.19. The van der Waals surface area contributed by atoms with Gasteiger partial charge >= 0.3 is 0 Å². The molecule has 0 fully saturated rings. The van der Waals surface area contributed by atoms with Crippen molar-refractivity contribution in [2.45, 2.75) is 40.0 Å². The summed E-state index contributed by atoms with van der Waals surface area (Å²) in [6.07, 6.45) is 3.45. The predicted octanol–water partition coefficient (Wildman–Crippen LogP) is 1.99. The molecule has 0 bridgehead atoms. The first-order valence-corrected chi connectivity index (χ1v) is 7.19. The highest BCUT2D eigenvalue weighted by Gasteiger charge is 2.08. The van der Waals surface area contributed by atoms with E-state index in [9.17, 15) is 4.79 Å². The highest BCUT2D eigenvalue weighted by atomic mass is 16.5. The molecule has 0 aromatic rings. The van der Waals surface area contributed by atoms with Crippen molar-refractivity contribution in [2.24, 2.45) is 0 Å². The average molecular weight is 258 g/mol. The molecule has 0 aromatic carbocycles. The highest BCUT2D eigenvalue weighted by molar-refractivity contribution is 5.77. The van der Waals surface area contributed by atoms with Crippen molar-refractivity contribution >= 4 is 5.91 Å². The minimum Gasteiger partial charge on any atom is -0.370 e. The first-order chi connectivity index (χ1) is 8.65. The molecule has 18 heavy (non-hydrogen) atoms. The van der Waals surface area contributed by atoms with Crippen LogP contribution in [-0.2, 0) is 9.53 Å². The van der Waals surface area contributed by atoms with Crippen LogP contribution < -0.4 is 0 Å². The molecule has 0 unspecified atom stereocenters. The summed E-state index contributed by atoms with van der Waals surface area (Å²) in [5, 5.41) is 0. The van der Waals surface area contributed by atoms with Gasteiger partial charge in [-0.05, 0) is 19.5 Å². The number of unbranched alkanes of at least 4 members (excludes halogenated alkanes) is 2. The molecule has 0 aliphatic rings. The SMILES string of the molecule is CCCCCN(C)C(=O)COCCN(CC)CC. The molecule has 0 rings (SSSR count). The van der Waals surface area contributed by atoms with Crippen molar-refractivity contribution in [3.05, 3.63) is 0 Å². The van der Waals surface area contributed by atoms with Crippen LogP contribution in [-0.4, -0.2) is 62.1 Å². The summed E-state index contributed by atoms with van der Waals surface area (Å²) in [7, 11) is 1.85. The minimum absolute atomic E-state index is 0.0886. The van der Waals surface area contributed by atoms with Crippen LogP contribution in [0, 0.1) is 0 Å². The van der Waals surface area contributed by atoms with Gasteiger partial charge in [0.05, 0.1) is 6.61 Å². The lowest BCUT2D eigenvalue weighted by molar-refractivity contribution is -0.135. The van der Waals surface area contributed by atoms with Crippen LogP contribution in [0.2, 0.25) is 0 Å². The Hall–Kier alpha value is -0.610. The summed E-state index contributed by atoms with van der Waals surface area (Å²) in [4.78, 5) is 15.8. The first kappa shape index (κ1) is 17.4. The number of likely N-dealkylation sites (N-methyl/N-ethyl adjacent to an activating group) is 2. The molecule has 1 amide bonds. The number of carbonyl (C=O) groups excluding carboxylic acids is 1. The molecule has 0 N–H and O–H groups in total. The minimum atomic E-state index is 0.0886. The van der Waals surface area contributed by atoms with Crippen molar-refractivity contribution in [1.82, 2.24) is 9.80 Å². The number of ether oxygens (including phenoxy) is 1. The van der Waals surface area contributed by atoms with Gasteiger partial charge in [-0.2, -0.15) is 0 Å². The number of carbonyl (C=O) groups is 1. The molecule has 0 aliphatic carbocycles. The van der Waals surface area contributed by atoms with Crippen LogP contribution >= 0.6 is 0 Å². The Bertz CT molecular complexity index is 206. The zero-order valence-electron chi connectivity index (χ0n) is 12.6. The molecule has 0 aromatic heterocycles. The Morgan fingerprint density at radius 1 is 1.06 bits per heavy atom. The van der Waals surface area contributed by atoms with Gasteiger partial charge in [0.25, 0.3) is 0 Å². The van der Waals surface area contributed by atoms with E-state index in [1.54, 1.807) is 4.90 Å². The van der Waals surface area contributed by atoms with Gasteiger partial charge in [-0.15, -0.1) is 0 Å². The predicted molar refractivity (Wildman–Crippen MR) is 75.8 cm³/mol. The fourth-order valence-corrected chi connectivity index (χ4v) is 1.73. The van der Waals surface area contributed by atoms with E-state index in [0.717, 1.165) is 32.6 Å². The summed E-state index contributed by atoms with van der Waals surface area (Å²) in [6, 6.07) is 0. The van der Waals surface area contributed by atoms with E-state index in [1.165, 1.54) is 12.8 Å². The summed E-state index contributed by atoms with van der Waals surface area (Å²) >= 11 is 0. The molecule has 0 atom stereocenters. The van der Waals surface area contributed by atoms with E-state index in [-0.39, 0.29) is 12.5 Å². The van der Waals surface area contributed by atoms with Gasteiger partial charge in [-0.25, -0.2) is 0 Å². The lowest BCUT2D eigenvalue weighted by atomic mass is 10.2. The van der Waals surface area contributed by atoms with E-state index in [4.69, 9.17) is 4.74 Å². The monoisotopic (exact) mass is 258 g/mol. The molecule has 4 nitrogen and oxygen atoms in total. The van der Waals surface area contributed by atoms with E-state index < -0.39 is 0 Å². The Balaban J connectivity index is 3.57. The molecule has 0 aliphatic heterocycles. The van der Waals surface area contributed by atoms with Crippen LogP contribution in [0.15, 0.2) is 0 Å². The lowest BCUT2D eigenvalue weighted by Gasteiger charge is -2.19. The fraction of sp³-hybridized carbons (Fsp3) is 0.929. The summed E-state index contributed by atoms with van der Waals surface area (Å²) in [6.45, 7) is 11.1. The zero-order chi connectivity index (χ0) is 13.8. The zero-order valence-corrected chi connectivity index (χ0v) is 12.6. The maximum absolute atomic E-state index is 11.7. The molecule has 0 saturated heterocycles. The third kappa shape index (κ3) is 8.48. The number of hydrogen-bond acceptors (Lipinski definition) is 3. The molecule has 0 radical (unpaired) electrons. The van der Waals surface area contributed by atoms with Gasteiger partial charge in [0.1, 0.15) is 6.61 Å². The second-order valence-electron chi connectivity index (χ2n) is 4.60. The van der Waals surface area contributed by atoms with E-state index in [1.807, 2.05) is 7.05 Å². The smallest absolute Gasteiger partial charge is 0.248 e. The van der Waals surface area contributed by atoms with Crippen molar-refractivity contribution in [3.63, 3.8) is 0 Å². The van der Waals surface area contributed by atoms with Gasteiger partial charge in [0.15, 0.2) is 0 Å². The molecular weight excluding hydrogens is 228 g/mol. The van der Waals surface area contributed by atoms with E-state index >= 15 is 0 Å². The summed E-state index contributed by atoms with van der Waals surface area (Å²) in [5.41, 5.74) is 0. The van der Waals surface area contributed by atoms with Gasteiger partial charge < -0.3 is 14.5 Å². The number of hydrogen-bond donors (Lipinski definition) is 0. The van der Waals surface area contributed by atoms with E-state index in [0.29, 0.717) is 6.61 Å². The van der Waals surface area contributed by atoms with Gasteiger partial charge in [-0.3, -0.25) is 4.79 Å². The lowest BCUT2D eigenvalue weighted by Crippen LogP contribution is -2.33. The molecular formula is C14H30N2O2. The van der Waals surface area contributed by atoms with Gasteiger partial charge in [0, 0.05) is 20.1 Å². The Morgan fingerprint density at radius 3 is 2.28 bits per heavy atom. The summed E-state index contributed by atoms with van der Waals surface area (Å²) in [5.74, 6) is 0.0886. The van der Waals surface area contributed by atoms with Crippen LogP contribution in [0.1, 0.15) is 40.0 Å². The van der Waals surface area contributed by atoms with Crippen LogP contribution in [0.4, 0.5) is 0 Å². The van der Waals surface area contributed by atoms with Crippen molar-refractivity contribution in [1.29, 1.82) is 0 Å². The quantitative estimate of drug-likeness (QED) is 0.531. The average Bonchev–Trinajstić information content (AvgIpc) is 2.38. The van der Waals surface area contributed by atoms with Crippen LogP contribution in [0.5, 0.6) is 0 Å². The third-order valence-electron chi connectivity index (χ3n) is 3.19. The standard InChI is InChI=1S/C14H30N2O2/c1-5-8-9-10-15(4)14(17)13-18-12-11-16(6-2)7-3/h5-13H2,1-4H3. The first-order valence-electron chi connectivity index (χ1n) is 7.19. The largest absolute Gasteiger partial charge is 0.370 e. The highest BCUT2D eigenvalue weighted by Crippen LogP contribution is 1.97. The van der Waals surface area contributed by atoms with Crippen molar-refractivity contribution in [3.8, 4) is 0 Å². The summed E-state index contributed by atoms with van der Waals surface area (Å²) < 4.78 is 5.42. The Morgan fingerprint density at radius 2 is 1.72 bits per heavy atom. The van der Waals surface area contributed by atoms with Gasteiger partial charge in [0.2, 0.25) is 5.91 Å². The van der Waals surface area contributed by atoms with Crippen molar-refractivity contribution < 1.29 is 9.53 Å². The topological polar surface area (TPSA) is 32.8 Å². The maximum Gasteiger partial charge on any atom is 0.248 e. The second-order valence-corrected chi connectivity index (χ2v) is 4.60. The molecule has 0 heterocycles. The van der Waals surface area contributed by atoms with Crippen LogP contribution in [0.3, 0.4) is 0 Å². The fourth-order valence-electron chi connectivity index (χ4n) is 1.73. The maximum atomic E-state index is 11.7. The number of amides is 1. The van der Waals surface area contributed by atoms with Crippen LogP contribution in [0.25, 0.3) is 0 Å². The van der Waals surface area contributed by atoms with Crippen molar-refractivity contribution in [2.75, 3.05) is 46.4 Å². The molecule has 4 heteroatoms. The molecule has 108 valence electrons.